The minimum Gasteiger partial charge on any atom is -0.366 e. The van der Waals surface area contributed by atoms with Gasteiger partial charge in [0.1, 0.15) is 5.82 Å². The van der Waals surface area contributed by atoms with Gasteiger partial charge < -0.3 is 11.1 Å². The Kier molecular flexibility index (Phi) is 5.17. The second-order valence-electron chi connectivity index (χ2n) is 9.81. The summed E-state index contributed by atoms with van der Waals surface area (Å²) in [4.78, 5) is 9.81. The molecular weight excluding hydrogens is 424 g/mol. The van der Waals surface area contributed by atoms with Crippen molar-refractivity contribution in [3.05, 3.63) is 55.1 Å². The zero-order valence-electron chi connectivity index (χ0n) is 19.6. The second-order valence-corrected chi connectivity index (χ2v) is 9.81. The summed E-state index contributed by atoms with van der Waals surface area (Å²) >= 11 is 0. The van der Waals surface area contributed by atoms with E-state index in [2.05, 4.69) is 33.7 Å². The van der Waals surface area contributed by atoms with Gasteiger partial charge in [0.25, 0.3) is 0 Å². The SMILES string of the molecule is Cn1cc(-c2cccc(-c3ncc(-c4ccn(C)n4)c(NC4C5CCC4CC(N)C5)n3)c2)cn1. The lowest BCUT2D eigenvalue weighted by atomic mass is 9.81. The zero-order chi connectivity index (χ0) is 23.2. The summed E-state index contributed by atoms with van der Waals surface area (Å²) in [5.74, 6) is 2.75. The average Bonchev–Trinajstić information content (AvgIpc) is 3.52. The average molecular weight is 455 g/mol. The number of fused-ring (bicyclic) bond motifs is 2. The van der Waals surface area contributed by atoms with E-state index in [9.17, 15) is 0 Å². The van der Waals surface area contributed by atoms with Crippen LogP contribution >= 0.6 is 0 Å². The summed E-state index contributed by atoms with van der Waals surface area (Å²) < 4.78 is 3.63. The Morgan fingerprint density at radius 2 is 1.76 bits per heavy atom. The van der Waals surface area contributed by atoms with Crippen molar-refractivity contribution in [3.63, 3.8) is 0 Å². The van der Waals surface area contributed by atoms with Gasteiger partial charge in [-0.05, 0) is 55.2 Å². The number of nitrogens with one attached hydrogen (secondary N) is 1. The molecule has 8 heteroatoms. The third-order valence-corrected chi connectivity index (χ3v) is 7.38. The number of hydrogen-bond donors (Lipinski definition) is 2. The Labute approximate surface area is 199 Å². The molecule has 0 amide bonds. The Balaban J connectivity index is 1.39. The van der Waals surface area contributed by atoms with Gasteiger partial charge in [0, 0.05) is 55.9 Å². The first-order chi connectivity index (χ1) is 16.5. The highest BCUT2D eigenvalue weighted by Crippen LogP contribution is 2.44. The molecule has 2 bridgehead atoms. The quantitative estimate of drug-likeness (QED) is 0.475. The molecule has 1 aromatic carbocycles. The van der Waals surface area contributed by atoms with Crippen molar-refractivity contribution < 1.29 is 0 Å². The number of benzene rings is 1. The molecule has 2 aliphatic carbocycles. The Hall–Kier alpha value is -3.52. The van der Waals surface area contributed by atoms with Crippen molar-refractivity contribution in [2.24, 2.45) is 31.7 Å². The van der Waals surface area contributed by atoms with Crippen LogP contribution in [0.2, 0.25) is 0 Å². The van der Waals surface area contributed by atoms with Crippen molar-refractivity contribution in [1.29, 1.82) is 0 Å². The molecule has 2 fully saturated rings. The van der Waals surface area contributed by atoms with Crippen LogP contribution in [0.5, 0.6) is 0 Å². The fourth-order valence-electron chi connectivity index (χ4n) is 5.75. The van der Waals surface area contributed by atoms with Crippen molar-refractivity contribution >= 4 is 5.82 Å². The first-order valence-corrected chi connectivity index (χ1v) is 12.0. The molecule has 0 saturated heterocycles. The van der Waals surface area contributed by atoms with Gasteiger partial charge in [0.05, 0.1) is 17.5 Å². The highest BCUT2D eigenvalue weighted by Gasteiger charge is 2.42. The maximum atomic E-state index is 6.33. The molecule has 2 aliphatic rings. The normalized spacial score (nSPS) is 23.9. The molecule has 0 aliphatic heterocycles. The van der Waals surface area contributed by atoms with Gasteiger partial charge in [0.2, 0.25) is 0 Å². The lowest BCUT2D eigenvalue weighted by Gasteiger charge is -2.35. The molecule has 8 nitrogen and oxygen atoms in total. The predicted molar refractivity (Wildman–Crippen MR) is 133 cm³/mol. The smallest absolute Gasteiger partial charge is 0.161 e. The van der Waals surface area contributed by atoms with Gasteiger partial charge in [-0.2, -0.15) is 10.2 Å². The summed E-state index contributed by atoms with van der Waals surface area (Å²) in [5, 5.41) is 12.8. The number of anilines is 1. The van der Waals surface area contributed by atoms with E-state index in [1.165, 1.54) is 12.8 Å². The molecule has 34 heavy (non-hydrogen) atoms. The van der Waals surface area contributed by atoms with Gasteiger partial charge in [0.15, 0.2) is 5.82 Å². The monoisotopic (exact) mass is 454 g/mol. The van der Waals surface area contributed by atoms with Crippen LogP contribution in [0.4, 0.5) is 5.82 Å². The molecule has 6 rings (SSSR count). The maximum Gasteiger partial charge on any atom is 0.161 e. The third-order valence-electron chi connectivity index (χ3n) is 7.38. The van der Waals surface area contributed by atoms with Gasteiger partial charge >= 0.3 is 0 Å². The minimum absolute atomic E-state index is 0.321. The number of rotatable bonds is 5. The summed E-state index contributed by atoms with van der Waals surface area (Å²) in [7, 11) is 3.86. The third kappa shape index (κ3) is 3.88. The van der Waals surface area contributed by atoms with Crippen molar-refractivity contribution in [3.8, 4) is 33.8 Å². The minimum atomic E-state index is 0.321. The molecule has 4 aromatic rings. The van der Waals surface area contributed by atoms with Crippen LogP contribution in [0.15, 0.2) is 55.1 Å². The summed E-state index contributed by atoms with van der Waals surface area (Å²) in [6.45, 7) is 0. The molecule has 3 heterocycles. The highest BCUT2D eigenvalue weighted by atomic mass is 15.3. The fourth-order valence-corrected chi connectivity index (χ4v) is 5.75. The molecule has 3 N–H and O–H groups in total. The molecule has 174 valence electrons. The first-order valence-electron chi connectivity index (χ1n) is 12.0. The molecular formula is C26H30N8. The van der Waals surface area contributed by atoms with Crippen LogP contribution in [0, 0.1) is 11.8 Å². The Bertz CT molecular complexity index is 1310. The Morgan fingerprint density at radius 3 is 2.47 bits per heavy atom. The number of nitrogens with zero attached hydrogens (tertiary/aromatic N) is 6. The van der Waals surface area contributed by atoms with Crippen LogP contribution in [-0.2, 0) is 14.1 Å². The van der Waals surface area contributed by atoms with Crippen LogP contribution < -0.4 is 11.1 Å². The largest absolute Gasteiger partial charge is 0.366 e. The van der Waals surface area contributed by atoms with E-state index in [0.717, 1.165) is 46.6 Å². The summed E-state index contributed by atoms with van der Waals surface area (Å²) in [6.07, 6.45) is 12.4. The van der Waals surface area contributed by atoms with Crippen LogP contribution in [0.3, 0.4) is 0 Å². The lowest BCUT2D eigenvalue weighted by Crippen LogP contribution is -2.42. The number of aryl methyl sites for hydroxylation is 2. The zero-order valence-corrected chi connectivity index (χ0v) is 19.6. The topological polar surface area (TPSA) is 99.5 Å². The van der Waals surface area contributed by atoms with Crippen molar-refractivity contribution in [2.75, 3.05) is 5.32 Å². The van der Waals surface area contributed by atoms with E-state index in [1.807, 2.05) is 60.4 Å². The molecule has 2 unspecified atom stereocenters. The lowest BCUT2D eigenvalue weighted by molar-refractivity contribution is 0.290. The van der Waals surface area contributed by atoms with E-state index in [0.29, 0.717) is 29.7 Å². The highest BCUT2D eigenvalue weighted by molar-refractivity contribution is 5.75. The second kappa shape index (κ2) is 8.36. The van der Waals surface area contributed by atoms with E-state index >= 15 is 0 Å². The van der Waals surface area contributed by atoms with Crippen molar-refractivity contribution in [2.45, 2.75) is 37.8 Å². The number of hydrogen-bond acceptors (Lipinski definition) is 6. The predicted octanol–water partition coefficient (Wildman–Crippen LogP) is 3.87. The maximum absolute atomic E-state index is 6.33. The van der Waals surface area contributed by atoms with Crippen LogP contribution in [0.1, 0.15) is 25.7 Å². The van der Waals surface area contributed by atoms with E-state index < -0.39 is 0 Å². The van der Waals surface area contributed by atoms with Crippen molar-refractivity contribution in [1.82, 2.24) is 29.5 Å². The molecule has 0 spiro atoms. The van der Waals surface area contributed by atoms with Gasteiger partial charge in [-0.1, -0.05) is 18.2 Å². The van der Waals surface area contributed by atoms with E-state index in [-0.39, 0.29) is 0 Å². The standard InChI is InChI=1S/C26H30N8/c1-33-9-8-23(32-33)22-14-28-25(19-5-3-4-16(10-19)20-13-29-34(2)15-20)31-26(22)30-24-17-6-7-18(24)12-21(27)11-17/h3-5,8-10,13-15,17-18,21,24H,6-7,11-12,27H2,1-2H3,(H,28,30,31). The first kappa shape index (κ1) is 21.0. The van der Waals surface area contributed by atoms with E-state index in [1.54, 1.807) is 0 Å². The molecule has 3 aromatic heterocycles. The number of nitrogens with two attached hydrogens (primary N) is 1. The summed E-state index contributed by atoms with van der Waals surface area (Å²) in [5.41, 5.74) is 11.3. The summed E-state index contributed by atoms with van der Waals surface area (Å²) in [6, 6.07) is 11.0. The molecule has 0 radical (unpaired) electrons. The van der Waals surface area contributed by atoms with Gasteiger partial charge in [-0.15, -0.1) is 0 Å². The van der Waals surface area contributed by atoms with Gasteiger partial charge in [-0.25, -0.2) is 9.97 Å². The Morgan fingerprint density at radius 1 is 0.971 bits per heavy atom. The van der Waals surface area contributed by atoms with E-state index in [4.69, 9.17) is 15.7 Å². The molecule has 2 saturated carbocycles. The van der Waals surface area contributed by atoms with Crippen LogP contribution in [-0.4, -0.2) is 41.6 Å². The number of aromatic nitrogens is 6. The van der Waals surface area contributed by atoms with Gasteiger partial charge in [-0.3, -0.25) is 9.36 Å². The fraction of sp³-hybridized carbons (Fsp3) is 0.385. The molecule has 2 atom stereocenters. The van der Waals surface area contributed by atoms with Crippen LogP contribution in [0.25, 0.3) is 33.8 Å².